The third-order valence-corrected chi connectivity index (χ3v) is 5.19. The van der Waals surface area contributed by atoms with Crippen LogP contribution in [0.2, 0.25) is 5.02 Å². The number of nitrogens with one attached hydrogen (secondary N) is 2. The molecule has 3 aromatic carbocycles. The van der Waals surface area contributed by atoms with Crippen LogP contribution in [-0.4, -0.2) is 15.9 Å². The van der Waals surface area contributed by atoms with Crippen molar-refractivity contribution in [3.05, 3.63) is 82.4 Å². The van der Waals surface area contributed by atoms with Crippen molar-refractivity contribution in [3.8, 4) is 11.4 Å². The highest BCUT2D eigenvalue weighted by molar-refractivity contribution is 6.32. The lowest BCUT2D eigenvalue weighted by Crippen LogP contribution is -2.11. The first-order chi connectivity index (χ1) is 13.5. The number of hydrogen-bond donors (Lipinski definition) is 2. The average Bonchev–Trinajstić information content (AvgIpc) is 3.11. The minimum Gasteiger partial charge on any atom is -0.338 e. The third-order valence-electron chi connectivity index (χ3n) is 4.78. The van der Waals surface area contributed by atoms with Gasteiger partial charge in [-0.15, -0.1) is 0 Å². The summed E-state index contributed by atoms with van der Waals surface area (Å²) in [5.74, 6) is 0.604. The lowest BCUT2D eigenvalue weighted by molar-refractivity contribution is 0.102. The number of aryl methyl sites for hydroxylation is 2. The van der Waals surface area contributed by atoms with Crippen LogP contribution in [0.5, 0.6) is 0 Å². The van der Waals surface area contributed by atoms with E-state index in [9.17, 15) is 4.79 Å². The molecule has 5 heteroatoms. The molecule has 1 aromatic heterocycles. The Morgan fingerprint density at radius 3 is 2.64 bits per heavy atom. The second-order valence-corrected chi connectivity index (χ2v) is 7.20. The molecule has 0 aliphatic carbocycles. The SMILES string of the molecule is CCc1ccc(C(=O)Nc2cccc(-c3nc4cc(Cl)c(C)cc4[nH]3)c2)cc1. The molecular weight excluding hydrogens is 370 g/mol. The fourth-order valence-electron chi connectivity index (χ4n) is 3.12. The zero-order chi connectivity index (χ0) is 19.7. The lowest BCUT2D eigenvalue weighted by Gasteiger charge is -2.07. The molecule has 0 saturated carbocycles. The zero-order valence-electron chi connectivity index (χ0n) is 15.7. The summed E-state index contributed by atoms with van der Waals surface area (Å²) in [4.78, 5) is 20.5. The quantitative estimate of drug-likeness (QED) is 0.449. The van der Waals surface area contributed by atoms with Crippen LogP contribution in [-0.2, 0) is 6.42 Å². The first kappa shape index (κ1) is 18.3. The molecule has 0 atom stereocenters. The van der Waals surface area contributed by atoms with E-state index in [0.29, 0.717) is 10.6 Å². The molecule has 0 bridgehead atoms. The molecule has 0 radical (unpaired) electrons. The Kier molecular flexibility index (Phi) is 4.88. The van der Waals surface area contributed by atoms with E-state index in [-0.39, 0.29) is 5.91 Å². The molecule has 1 amide bonds. The van der Waals surface area contributed by atoms with Gasteiger partial charge >= 0.3 is 0 Å². The highest BCUT2D eigenvalue weighted by Gasteiger charge is 2.10. The van der Waals surface area contributed by atoms with E-state index in [1.807, 2.05) is 67.6 Å². The van der Waals surface area contributed by atoms with E-state index in [2.05, 4.69) is 22.2 Å². The van der Waals surface area contributed by atoms with Gasteiger partial charge < -0.3 is 10.3 Å². The molecule has 4 aromatic rings. The first-order valence-electron chi connectivity index (χ1n) is 9.20. The Morgan fingerprint density at radius 2 is 1.89 bits per heavy atom. The number of carbonyl (C=O) groups is 1. The minimum absolute atomic E-state index is 0.133. The molecule has 2 N–H and O–H groups in total. The van der Waals surface area contributed by atoms with E-state index in [1.54, 1.807) is 0 Å². The molecule has 0 saturated heterocycles. The lowest BCUT2D eigenvalue weighted by atomic mass is 10.1. The Bertz CT molecular complexity index is 1120. The molecule has 0 aliphatic heterocycles. The van der Waals surface area contributed by atoms with Crippen LogP contribution >= 0.6 is 11.6 Å². The number of benzene rings is 3. The van der Waals surface area contributed by atoms with Crippen LogP contribution < -0.4 is 5.32 Å². The standard InChI is InChI=1S/C23H20ClN3O/c1-3-15-7-9-16(10-8-15)23(28)25-18-6-4-5-17(12-18)22-26-20-11-14(2)19(24)13-21(20)27-22/h4-13H,3H2,1-2H3,(H,25,28)(H,26,27). The van der Waals surface area contributed by atoms with Gasteiger partial charge in [0.05, 0.1) is 11.0 Å². The molecule has 4 rings (SSSR count). The van der Waals surface area contributed by atoms with Crippen molar-refractivity contribution in [2.45, 2.75) is 20.3 Å². The Morgan fingerprint density at radius 1 is 1.11 bits per heavy atom. The Hall–Kier alpha value is -3.11. The van der Waals surface area contributed by atoms with Crippen molar-refractivity contribution in [2.75, 3.05) is 5.32 Å². The van der Waals surface area contributed by atoms with Gasteiger partial charge in [-0.3, -0.25) is 4.79 Å². The summed E-state index contributed by atoms with van der Waals surface area (Å²) in [6.45, 7) is 4.05. The second-order valence-electron chi connectivity index (χ2n) is 6.79. The number of imidazole rings is 1. The number of halogens is 1. The van der Waals surface area contributed by atoms with Crippen molar-refractivity contribution < 1.29 is 4.79 Å². The highest BCUT2D eigenvalue weighted by atomic mass is 35.5. The zero-order valence-corrected chi connectivity index (χ0v) is 16.5. The van der Waals surface area contributed by atoms with Gasteiger partial charge in [-0.1, -0.05) is 42.8 Å². The molecule has 0 unspecified atom stereocenters. The van der Waals surface area contributed by atoms with Crippen LogP contribution in [0.15, 0.2) is 60.7 Å². The summed E-state index contributed by atoms with van der Waals surface area (Å²) in [6.07, 6.45) is 0.951. The summed E-state index contributed by atoms with van der Waals surface area (Å²) in [7, 11) is 0. The Balaban J connectivity index is 1.59. The summed E-state index contributed by atoms with van der Waals surface area (Å²) >= 11 is 6.20. The van der Waals surface area contributed by atoms with Crippen LogP contribution in [0.25, 0.3) is 22.4 Å². The maximum Gasteiger partial charge on any atom is 0.255 e. The van der Waals surface area contributed by atoms with Crippen LogP contribution in [0.3, 0.4) is 0 Å². The summed E-state index contributed by atoms with van der Waals surface area (Å²) in [5.41, 5.74) is 6.20. The van der Waals surface area contributed by atoms with Gasteiger partial charge in [0, 0.05) is 21.8 Å². The van der Waals surface area contributed by atoms with Crippen LogP contribution in [0.4, 0.5) is 5.69 Å². The van der Waals surface area contributed by atoms with Crippen molar-refractivity contribution in [1.82, 2.24) is 9.97 Å². The smallest absolute Gasteiger partial charge is 0.255 e. The predicted octanol–water partition coefficient (Wildman–Crippen LogP) is 6.01. The number of rotatable bonds is 4. The van der Waals surface area contributed by atoms with Crippen molar-refractivity contribution >= 4 is 34.2 Å². The highest BCUT2D eigenvalue weighted by Crippen LogP contribution is 2.27. The van der Waals surface area contributed by atoms with Gasteiger partial charge in [-0.05, 0) is 60.9 Å². The topological polar surface area (TPSA) is 57.8 Å². The van der Waals surface area contributed by atoms with E-state index < -0.39 is 0 Å². The van der Waals surface area contributed by atoms with Gasteiger partial charge in [0.2, 0.25) is 0 Å². The molecule has 140 valence electrons. The number of anilines is 1. The molecule has 4 nitrogen and oxygen atoms in total. The summed E-state index contributed by atoms with van der Waals surface area (Å²) < 4.78 is 0. The van der Waals surface area contributed by atoms with Gasteiger partial charge in [-0.2, -0.15) is 0 Å². The van der Waals surface area contributed by atoms with Crippen LogP contribution in [0.1, 0.15) is 28.4 Å². The number of aromatic nitrogens is 2. The van der Waals surface area contributed by atoms with Crippen molar-refractivity contribution in [3.63, 3.8) is 0 Å². The maximum atomic E-state index is 12.5. The predicted molar refractivity (Wildman–Crippen MR) is 115 cm³/mol. The summed E-state index contributed by atoms with van der Waals surface area (Å²) in [5, 5.41) is 3.65. The number of aromatic amines is 1. The van der Waals surface area contributed by atoms with Crippen molar-refractivity contribution in [2.24, 2.45) is 0 Å². The Labute approximate surface area is 168 Å². The first-order valence-corrected chi connectivity index (χ1v) is 9.58. The normalized spacial score (nSPS) is 11.0. The fraction of sp³-hybridized carbons (Fsp3) is 0.130. The fourth-order valence-corrected chi connectivity index (χ4v) is 3.27. The van der Waals surface area contributed by atoms with E-state index >= 15 is 0 Å². The van der Waals surface area contributed by atoms with Crippen LogP contribution in [0, 0.1) is 6.92 Å². The molecule has 0 fully saturated rings. The molecule has 0 aliphatic rings. The molecule has 0 spiro atoms. The second kappa shape index (κ2) is 7.49. The molecule has 1 heterocycles. The van der Waals surface area contributed by atoms with E-state index in [1.165, 1.54) is 5.56 Å². The third kappa shape index (κ3) is 3.64. The number of hydrogen-bond acceptors (Lipinski definition) is 2. The average molecular weight is 390 g/mol. The number of amides is 1. The summed E-state index contributed by atoms with van der Waals surface area (Å²) in [6, 6.07) is 19.1. The van der Waals surface area contributed by atoms with Gasteiger partial charge in [0.15, 0.2) is 0 Å². The van der Waals surface area contributed by atoms with Gasteiger partial charge in [-0.25, -0.2) is 4.98 Å². The van der Waals surface area contributed by atoms with E-state index in [0.717, 1.165) is 40.1 Å². The van der Waals surface area contributed by atoms with Gasteiger partial charge in [0.25, 0.3) is 5.91 Å². The monoisotopic (exact) mass is 389 g/mol. The number of carbonyl (C=O) groups excluding carboxylic acids is 1. The van der Waals surface area contributed by atoms with Gasteiger partial charge in [0.1, 0.15) is 5.82 Å². The number of nitrogens with zero attached hydrogens (tertiary/aromatic N) is 1. The van der Waals surface area contributed by atoms with Crippen molar-refractivity contribution in [1.29, 1.82) is 0 Å². The molecular formula is C23H20ClN3O. The number of fused-ring (bicyclic) bond motifs is 1. The number of H-pyrrole nitrogens is 1. The van der Waals surface area contributed by atoms with E-state index in [4.69, 9.17) is 11.6 Å². The minimum atomic E-state index is -0.133. The largest absolute Gasteiger partial charge is 0.338 e. The maximum absolute atomic E-state index is 12.5. The molecule has 28 heavy (non-hydrogen) atoms.